The molecule has 0 unspecified atom stereocenters. The fourth-order valence-electron chi connectivity index (χ4n) is 0.832. The van der Waals surface area contributed by atoms with Crippen molar-refractivity contribution in [2.45, 2.75) is 19.8 Å². The Hall–Kier alpha value is -1.12. The smallest absolute Gasteiger partial charge is 0.140 e. The average Bonchev–Trinajstić information content (AvgIpc) is 2.36. The highest BCUT2D eigenvalue weighted by atomic mass is 16.5. The molecule has 0 aliphatic rings. The molecule has 54 valence electrons. The quantitative estimate of drug-likeness (QED) is 0.586. The fraction of sp³-hybridized carbons (Fsp3) is 0.429. The van der Waals surface area contributed by atoms with Gasteiger partial charge >= 0.3 is 0 Å². The Kier molecular flexibility index (Phi) is 2.20. The second kappa shape index (κ2) is 3.15. The van der Waals surface area contributed by atoms with Crippen LogP contribution in [0.5, 0.6) is 0 Å². The van der Waals surface area contributed by atoms with Crippen molar-refractivity contribution in [1.82, 2.24) is 5.16 Å². The number of aldehydes is 1. The van der Waals surface area contributed by atoms with Crippen LogP contribution in [-0.4, -0.2) is 11.4 Å². The lowest BCUT2D eigenvalue weighted by Crippen LogP contribution is -1.87. The van der Waals surface area contributed by atoms with E-state index in [1.165, 1.54) is 0 Å². The van der Waals surface area contributed by atoms with Crippen LogP contribution in [-0.2, 0) is 17.6 Å². The summed E-state index contributed by atoms with van der Waals surface area (Å²) in [6.45, 7) is 1.97. The first-order valence-corrected chi connectivity index (χ1v) is 3.24. The van der Waals surface area contributed by atoms with Crippen LogP contribution >= 0.6 is 0 Å². The maximum absolute atomic E-state index is 10.1. The molecule has 3 nitrogen and oxygen atoms in total. The van der Waals surface area contributed by atoms with Crippen molar-refractivity contribution in [3.63, 3.8) is 0 Å². The molecule has 10 heavy (non-hydrogen) atoms. The Morgan fingerprint density at radius 2 is 2.60 bits per heavy atom. The molecule has 0 saturated carbocycles. The highest BCUT2D eigenvalue weighted by molar-refractivity contribution is 5.54. The molecule has 0 aromatic carbocycles. The van der Waals surface area contributed by atoms with E-state index in [-0.39, 0.29) is 0 Å². The maximum Gasteiger partial charge on any atom is 0.140 e. The summed E-state index contributed by atoms with van der Waals surface area (Å²) >= 11 is 0. The fourth-order valence-corrected chi connectivity index (χ4v) is 0.832. The molecular weight excluding hydrogens is 130 g/mol. The number of hydrogen-bond donors (Lipinski definition) is 0. The zero-order chi connectivity index (χ0) is 7.40. The van der Waals surface area contributed by atoms with Crippen LogP contribution in [0.25, 0.3) is 0 Å². The molecule has 0 radical (unpaired) electrons. The lowest BCUT2D eigenvalue weighted by molar-refractivity contribution is -0.107. The molecule has 0 aliphatic heterocycles. The van der Waals surface area contributed by atoms with Crippen LogP contribution in [0.2, 0.25) is 0 Å². The standard InChI is InChI=1S/C7H9NO2/c1-2-7-6(3-4-9)5-8-10-7/h4-5H,2-3H2,1H3. The van der Waals surface area contributed by atoms with Gasteiger partial charge in [0.05, 0.1) is 6.20 Å². The van der Waals surface area contributed by atoms with Gasteiger partial charge in [-0.2, -0.15) is 0 Å². The van der Waals surface area contributed by atoms with E-state index < -0.39 is 0 Å². The van der Waals surface area contributed by atoms with Gasteiger partial charge < -0.3 is 9.32 Å². The van der Waals surface area contributed by atoms with Crippen molar-refractivity contribution >= 4 is 6.29 Å². The third-order valence-electron chi connectivity index (χ3n) is 1.35. The van der Waals surface area contributed by atoms with Gasteiger partial charge in [-0.3, -0.25) is 0 Å². The van der Waals surface area contributed by atoms with Crippen LogP contribution in [0.15, 0.2) is 10.7 Å². The second-order valence-corrected chi connectivity index (χ2v) is 2.00. The first kappa shape index (κ1) is 6.99. The number of hydrogen-bond acceptors (Lipinski definition) is 3. The largest absolute Gasteiger partial charge is 0.361 e. The van der Waals surface area contributed by atoms with E-state index in [0.717, 1.165) is 24.0 Å². The SMILES string of the molecule is CCc1oncc1CC=O. The Morgan fingerprint density at radius 3 is 3.20 bits per heavy atom. The molecule has 0 bridgehead atoms. The van der Waals surface area contributed by atoms with Crippen LogP contribution in [0.1, 0.15) is 18.2 Å². The van der Waals surface area contributed by atoms with Crippen LogP contribution < -0.4 is 0 Å². The zero-order valence-electron chi connectivity index (χ0n) is 5.83. The lowest BCUT2D eigenvalue weighted by Gasteiger charge is -1.88. The van der Waals surface area contributed by atoms with Crippen molar-refractivity contribution < 1.29 is 9.32 Å². The van der Waals surface area contributed by atoms with E-state index in [4.69, 9.17) is 4.52 Å². The normalized spacial score (nSPS) is 9.70. The van der Waals surface area contributed by atoms with E-state index in [9.17, 15) is 4.79 Å². The molecule has 1 heterocycles. The van der Waals surface area contributed by atoms with Gasteiger partial charge in [0.15, 0.2) is 0 Å². The van der Waals surface area contributed by atoms with Crippen molar-refractivity contribution in [2.24, 2.45) is 0 Å². The topological polar surface area (TPSA) is 43.1 Å². The third-order valence-corrected chi connectivity index (χ3v) is 1.35. The number of rotatable bonds is 3. The molecule has 0 saturated heterocycles. The molecule has 3 heteroatoms. The summed E-state index contributed by atoms with van der Waals surface area (Å²) in [4.78, 5) is 10.1. The number of aromatic nitrogens is 1. The van der Waals surface area contributed by atoms with E-state index in [1.807, 2.05) is 6.92 Å². The summed E-state index contributed by atoms with van der Waals surface area (Å²) in [6.07, 6.45) is 3.65. The highest BCUT2D eigenvalue weighted by Gasteiger charge is 2.03. The number of aryl methyl sites for hydroxylation is 1. The number of nitrogens with zero attached hydrogens (tertiary/aromatic N) is 1. The van der Waals surface area contributed by atoms with Crippen LogP contribution in [0, 0.1) is 0 Å². The van der Waals surface area contributed by atoms with Crippen molar-refractivity contribution in [1.29, 1.82) is 0 Å². The van der Waals surface area contributed by atoms with Crippen molar-refractivity contribution in [3.8, 4) is 0 Å². The van der Waals surface area contributed by atoms with Crippen molar-refractivity contribution in [3.05, 3.63) is 17.5 Å². The number of carbonyl (C=O) groups is 1. The van der Waals surface area contributed by atoms with E-state index in [0.29, 0.717) is 6.42 Å². The minimum absolute atomic E-state index is 0.409. The van der Waals surface area contributed by atoms with E-state index >= 15 is 0 Å². The highest BCUT2D eigenvalue weighted by Crippen LogP contribution is 2.07. The predicted octanol–water partition coefficient (Wildman–Crippen LogP) is 0.978. The minimum atomic E-state index is 0.409. The Labute approximate surface area is 59.0 Å². The maximum atomic E-state index is 10.1. The summed E-state index contributed by atoms with van der Waals surface area (Å²) in [7, 11) is 0. The summed E-state index contributed by atoms with van der Waals surface area (Å²) in [5, 5.41) is 3.58. The Bertz CT molecular complexity index is 217. The van der Waals surface area contributed by atoms with Crippen LogP contribution in [0.4, 0.5) is 0 Å². The molecule has 0 fully saturated rings. The first-order valence-electron chi connectivity index (χ1n) is 3.24. The zero-order valence-corrected chi connectivity index (χ0v) is 5.83. The lowest BCUT2D eigenvalue weighted by atomic mass is 10.2. The van der Waals surface area contributed by atoms with Crippen molar-refractivity contribution in [2.75, 3.05) is 0 Å². The Morgan fingerprint density at radius 1 is 1.80 bits per heavy atom. The van der Waals surface area contributed by atoms with Crippen LogP contribution in [0.3, 0.4) is 0 Å². The third kappa shape index (κ3) is 1.23. The van der Waals surface area contributed by atoms with Gasteiger partial charge in [0.2, 0.25) is 0 Å². The first-order chi connectivity index (χ1) is 4.88. The summed E-state index contributed by atoms with van der Waals surface area (Å²) in [5.74, 6) is 0.812. The molecule has 1 aromatic rings. The second-order valence-electron chi connectivity index (χ2n) is 2.00. The molecule has 0 N–H and O–H groups in total. The van der Waals surface area contributed by atoms with Gasteiger partial charge in [0.1, 0.15) is 12.0 Å². The molecule has 0 amide bonds. The Balaban J connectivity index is 2.79. The summed E-state index contributed by atoms with van der Waals surface area (Å²) in [5.41, 5.74) is 0.900. The van der Waals surface area contributed by atoms with Gasteiger partial charge in [0, 0.05) is 18.4 Å². The molecule has 0 aliphatic carbocycles. The average molecular weight is 139 g/mol. The van der Waals surface area contributed by atoms with Gasteiger partial charge in [0.25, 0.3) is 0 Å². The molecule has 1 aromatic heterocycles. The summed E-state index contributed by atoms with van der Waals surface area (Å²) in [6, 6.07) is 0. The van der Waals surface area contributed by atoms with Gasteiger partial charge in [-0.15, -0.1) is 0 Å². The van der Waals surface area contributed by atoms with E-state index in [1.54, 1.807) is 6.20 Å². The predicted molar refractivity (Wildman–Crippen MR) is 35.6 cm³/mol. The van der Waals surface area contributed by atoms with Gasteiger partial charge in [-0.1, -0.05) is 12.1 Å². The minimum Gasteiger partial charge on any atom is -0.361 e. The number of carbonyl (C=O) groups excluding carboxylic acids is 1. The molecule has 1 rings (SSSR count). The van der Waals surface area contributed by atoms with Gasteiger partial charge in [-0.25, -0.2) is 0 Å². The van der Waals surface area contributed by atoms with Gasteiger partial charge in [-0.05, 0) is 0 Å². The molecule has 0 atom stereocenters. The summed E-state index contributed by atoms with van der Waals surface area (Å²) < 4.78 is 4.86. The monoisotopic (exact) mass is 139 g/mol. The van der Waals surface area contributed by atoms with E-state index in [2.05, 4.69) is 5.16 Å². The molecule has 0 spiro atoms. The molecular formula is C7H9NO2.